The van der Waals surface area contributed by atoms with Crippen LogP contribution in [-0.2, 0) is 0 Å². The highest BCUT2D eigenvalue weighted by Gasteiger charge is 2.21. The second-order valence-corrected chi connectivity index (χ2v) is 15.7. The maximum Gasteiger partial charge on any atom is 0.0215 e. The Balaban J connectivity index is 3.65. The molecular formula is C16H34S5. The highest BCUT2D eigenvalue weighted by Crippen LogP contribution is 2.56. The summed E-state index contributed by atoms with van der Waals surface area (Å²) in [5.41, 5.74) is 0. The molecule has 0 atom stereocenters. The van der Waals surface area contributed by atoms with Crippen molar-refractivity contribution >= 4 is 51.1 Å². The molecule has 128 valence electrons. The average Bonchev–Trinajstić information content (AvgIpc) is 2.38. The van der Waals surface area contributed by atoms with Crippen LogP contribution in [0.25, 0.3) is 0 Å². The predicted molar refractivity (Wildman–Crippen MR) is 114 cm³/mol. The van der Waals surface area contributed by atoms with E-state index in [0.717, 1.165) is 0 Å². The van der Waals surface area contributed by atoms with E-state index in [2.05, 4.69) is 41.5 Å². The van der Waals surface area contributed by atoms with Crippen molar-refractivity contribution in [3.63, 3.8) is 0 Å². The SMILES string of the molecule is CCCCCC(C)(C)SSSSSC(C)(C)CCCCC. The van der Waals surface area contributed by atoms with Crippen molar-refractivity contribution in [1.82, 2.24) is 0 Å². The molecular weight excluding hydrogens is 353 g/mol. The fourth-order valence-electron chi connectivity index (χ4n) is 1.91. The normalized spacial score (nSPS) is 12.9. The van der Waals surface area contributed by atoms with E-state index >= 15 is 0 Å². The molecule has 0 aliphatic rings. The van der Waals surface area contributed by atoms with Crippen LogP contribution in [0, 0.1) is 0 Å². The first-order valence-electron chi connectivity index (χ1n) is 8.20. The minimum absolute atomic E-state index is 0.411. The molecule has 21 heavy (non-hydrogen) atoms. The largest absolute Gasteiger partial charge is 0.0754 e. The van der Waals surface area contributed by atoms with E-state index in [1.165, 1.54) is 51.4 Å². The number of hydrogen-bond donors (Lipinski definition) is 0. The second kappa shape index (κ2) is 13.1. The quantitative estimate of drug-likeness (QED) is 0.215. The summed E-state index contributed by atoms with van der Waals surface area (Å²) in [7, 11) is 9.96. The van der Waals surface area contributed by atoms with Gasteiger partial charge >= 0.3 is 0 Å². The molecule has 0 bridgehead atoms. The van der Waals surface area contributed by atoms with E-state index in [1.54, 1.807) is 0 Å². The van der Waals surface area contributed by atoms with Crippen LogP contribution in [0.3, 0.4) is 0 Å². The fourth-order valence-corrected chi connectivity index (χ4v) is 12.6. The lowest BCUT2D eigenvalue weighted by Crippen LogP contribution is -2.12. The van der Waals surface area contributed by atoms with Crippen LogP contribution in [0.5, 0.6) is 0 Å². The Morgan fingerprint density at radius 3 is 1.29 bits per heavy atom. The highest BCUT2D eigenvalue weighted by atomic mass is 33.8. The summed E-state index contributed by atoms with van der Waals surface area (Å²) in [6, 6.07) is 0. The van der Waals surface area contributed by atoms with Gasteiger partial charge in [-0.15, -0.1) is 0 Å². The molecule has 0 heterocycles. The van der Waals surface area contributed by atoms with Crippen molar-refractivity contribution < 1.29 is 0 Å². The van der Waals surface area contributed by atoms with Crippen LogP contribution in [-0.4, -0.2) is 9.49 Å². The molecule has 0 rings (SSSR count). The van der Waals surface area contributed by atoms with Crippen molar-refractivity contribution in [1.29, 1.82) is 0 Å². The summed E-state index contributed by atoms with van der Waals surface area (Å²) in [5.74, 6) is 0. The summed E-state index contributed by atoms with van der Waals surface area (Å²) in [5, 5.41) is 0. The van der Waals surface area contributed by atoms with Gasteiger partial charge in [0.25, 0.3) is 0 Å². The Hall–Kier alpha value is 1.75. The molecule has 0 aliphatic heterocycles. The van der Waals surface area contributed by atoms with Crippen LogP contribution < -0.4 is 0 Å². The molecule has 0 fully saturated rings. The Bertz CT molecular complexity index is 217. The molecule has 0 unspecified atom stereocenters. The van der Waals surface area contributed by atoms with Gasteiger partial charge in [-0.05, 0) is 70.0 Å². The van der Waals surface area contributed by atoms with Crippen LogP contribution in [0.4, 0.5) is 0 Å². The Labute approximate surface area is 152 Å². The van der Waals surface area contributed by atoms with Gasteiger partial charge in [-0.2, -0.15) is 0 Å². The van der Waals surface area contributed by atoms with E-state index < -0.39 is 0 Å². The minimum atomic E-state index is 0.411. The number of hydrogen-bond acceptors (Lipinski definition) is 5. The van der Waals surface area contributed by atoms with E-state index in [1.807, 2.05) is 51.1 Å². The Morgan fingerprint density at radius 1 is 0.571 bits per heavy atom. The molecule has 0 N–H and O–H groups in total. The molecule has 0 radical (unpaired) electrons. The maximum atomic E-state index is 2.38. The van der Waals surface area contributed by atoms with Crippen molar-refractivity contribution in [2.45, 2.75) is 102 Å². The molecule has 0 aromatic carbocycles. The van der Waals surface area contributed by atoms with Crippen LogP contribution in [0.1, 0.15) is 92.9 Å². The maximum absolute atomic E-state index is 2.38. The third-order valence-electron chi connectivity index (χ3n) is 3.34. The first kappa shape index (κ1) is 22.8. The molecule has 0 spiro atoms. The topological polar surface area (TPSA) is 0 Å². The number of unbranched alkanes of at least 4 members (excludes halogenated alkanes) is 4. The fraction of sp³-hybridized carbons (Fsp3) is 1.00. The Kier molecular flexibility index (Phi) is 14.2. The van der Waals surface area contributed by atoms with Gasteiger partial charge in [0, 0.05) is 9.49 Å². The molecule has 0 saturated heterocycles. The van der Waals surface area contributed by atoms with Crippen LogP contribution in [0.15, 0.2) is 0 Å². The number of rotatable bonds is 14. The molecule has 0 nitrogen and oxygen atoms in total. The summed E-state index contributed by atoms with van der Waals surface area (Å²) >= 11 is 0. The summed E-state index contributed by atoms with van der Waals surface area (Å²) in [6.07, 6.45) is 10.8. The van der Waals surface area contributed by atoms with Gasteiger partial charge in [0.05, 0.1) is 0 Å². The zero-order valence-corrected chi connectivity index (χ0v) is 18.8. The van der Waals surface area contributed by atoms with Gasteiger partial charge in [0.15, 0.2) is 0 Å². The summed E-state index contributed by atoms with van der Waals surface area (Å²) < 4.78 is 0.823. The molecule has 0 saturated carbocycles. The lowest BCUT2D eigenvalue weighted by Gasteiger charge is -2.24. The standard InChI is InChI=1S/C16H34S5/c1-7-9-11-13-15(3,4)17-19-21-20-18-16(5,6)14-12-10-8-2/h7-14H2,1-6H3. The van der Waals surface area contributed by atoms with Gasteiger partial charge in [0.2, 0.25) is 0 Å². The Morgan fingerprint density at radius 2 is 0.952 bits per heavy atom. The van der Waals surface area contributed by atoms with Crippen molar-refractivity contribution in [2.24, 2.45) is 0 Å². The van der Waals surface area contributed by atoms with Crippen molar-refractivity contribution in [2.75, 3.05) is 0 Å². The van der Waals surface area contributed by atoms with Gasteiger partial charge in [-0.25, -0.2) is 0 Å². The smallest absolute Gasteiger partial charge is 0.0215 e. The molecule has 5 heteroatoms. The monoisotopic (exact) mass is 386 g/mol. The average molecular weight is 387 g/mol. The predicted octanol–water partition coefficient (Wildman–Crippen LogP) is 9.03. The van der Waals surface area contributed by atoms with Gasteiger partial charge in [-0.1, -0.05) is 74.0 Å². The summed E-state index contributed by atoms with van der Waals surface area (Å²) in [6.45, 7) is 14.1. The zero-order chi connectivity index (χ0) is 16.2. The second-order valence-electron chi connectivity index (χ2n) is 6.80. The molecule has 0 amide bonds. The van der Waals surface area contributed by atoms with Gasteiger partial charge < -0.3 is 0 Å². The highest BCUT2D eigenvalue weighted by molar-refractivity contribution is 9.35. The zero-order valence-electron chi connectivity index (χ0n) is 14.7. The van der Waals surface area contributed by atoms with E-state index in [9.17, 15) is 0 Å². The summed E-state index contributed by atoms with van der Waals surface area (Å²) in [4.78, 5) is 0. The van der Waals surface area contributed by atoms with E-state index in [0.29, 0.717) is 9.49 Å². The molecule has 0 aliphatic carbocycles. The van der Waals surface area contributed by atoms with Gasteiger partial charge in [-0.3, -0.25) is 0 Å². The van der Waals surface area contributed by atoms with Crippen LogP contribution in [0.2, 0.25) is 0 Å². The van der Waals surface area contributed by atoms with E-state index in [-0.39, 0.29) is 0 Å². The lowest BCUT2D eigenvalue weighted by molar-refractivity contribution is 0.575. The molecule has 0 aromatic rings. The molecule has 0 aromatic heterocycles. The van der Waals surface area contributed by atoms with Crippen LogP contribution >= 0.6 is 51.1 Å². The van der Waals surface area contributed by atoms with Crippen molar-refractivity contribution in [3.8, 4) is 0 Å². The first-order chi connectivity index (χ1) is 9.83. The third-order valence-corrected chi connectivity index (χ3v) is 13.6. The van der Waals surface area contributed by atoms with E-state index in [4.69, 9.17) is 0 Å². The lowest BCUT2D eigenvalue weighted by atomic mass is 10.0. The first-order valence-corrected chi connectivity index (χ1v) is 14.3. The third kappa shape index (κ3) is 15.0. The van der Waals surface area contributed by atoms with Gasteiger partial charge in [0.1, 0.15) is 0 Å². The van der Waals surface area contributed by atoms with Crippen molar-refractivity contribution in [3.05, 3.63) is 0 Å². The minimum Gasteiger partial charge on any atom is -0.0754 e.